The third-order valence-corrected chi connectivity index (χ3v) is 1.68. The zero-order valence-electron chi connectivity index (χ0n) is 6.06. The number of ether oxygens (including phenoxy) is 1. The molecule has 1 aliphatic heterocycles. The van der Waals surface area contributed by atoms with E-state index in [1.165, 1.54) is 0 Å². The van der Waals surface area contributed by atoms with E-state index < -0.39 is 0 Å². The summed E-state index contributed by atoms with van der Waals surface area (Å²) >= 11 is 0. The summed E-state index contributed by atoms with van der Waals surface area (Å²) in [5.41, 5.74) is 7.95. The van der Waals surface area contributed by atoms with Gasteiger partial charge in [0.05, 0.1) is 12.5 Å². The molecular weight excluding hydrogens is 146 g/mol. The summed E-state index contributed by atoms with van der Waals surface area (Å²) in [5.74, 6) is -0.196. The van der Waals surface area contributed by atoms with Crippen LogP contribution in [0.5, 0.6) is 0 Å². The van der Waals surface area contributed by atoms with Crippen molar-refractivity contribution in [3.05, 3.63) is 10.4 Å². The molecule has 5 heteroatoms. The number of carbonyl (C=O) groups excluding carboxylic acids is 1. The van der Waals surface area contributed by atoms with E-state index in [1.807, 2.05) is 0 Å². The number of azide groups is 1. The van der Waals surface area contributed by atoms with Crippen LogP contribution in [0.4, 0.5) is 0 Å². The molecule has 0 aliphatic carbocycles. The lowest BCUT2D eigenvalue weighted by Crippen LogP contribution is -2.08. The highest BCUT2D eigenvalue weighted by Gasteiger charge is 2.25. The van der Waals surface area contributed by atoms with Gasteiger partial charge in [-0.1, -0.05) is 5.11 Å². The Balaban J connectivity index is 2.25. The zero-order chi connectivity index (χ0) is 8.10. The molecule has 1 rings (SSSR count). The second-order valence-corrected chi connectivity index (χ2v) is 2.40. The van der Waals surface area contributed by atoms with Crippen LogP contribution in [0.2, 0.25) is 0 Å². The molecule has 60 valence electrons. The number of carbonyl (C=O) groups is 1. The van der Waals surface area contributed by atoms with Crippen LogP contribution in [0.15, 0.2) is 5.11 Å². The van der Waals surface area contributed by atoms with E-state index in [9.17, 15) is 4.79 Å². The minimum absolute atomic E-state index is 0.0412. The van der Waals surface area contributed by atoms with Crippen molar-refractivity contribution in [3.8, 4) is 0 Å². The molecule has 0 bridgehead atoms. The van der Waals surface area contributed by atoms with Crippen molar-refractivity contribution in [2.45, 2.75) is 12.8 Å². The molecule has 1 heterocycles. The summed E-state index contributed by atoms with van der Waals surface area (Å²) < 4.78 is 4.72. The van der Waals surface area contributed by atoms with Crippen LogP contribution in [-0.4, -0.2) is 19.1 Å². The molecule has 11 heavy (non-hydrogen) atoms. The number of esters is 1. The lowest BCUT2D eigenvalue weighted by Gasteiger charge is -1.99. The highest BCUT2D eigenvalue weighted by Crippen LogP contribution is 2.17. The van der Waals surface area contributed by atoms with Gasteiger partial charge in [0.2, 0.25) is 0 Å². The van der Waals surface area contributed by atoms with E-state index >= 15 is 0 Å². The average molecular weight is 155 g/mol. The fourth-order valence-corrected chi connectivity index (χ4v) is 1.06. The predicted molar refractivity (Wildman–Crippen MR) is 37.7 cm³/mol. The van der Waals surface area contributed by atoms with Crippen LogP contribution in [0, 0.1) is 5.92 Å². The molecule has 0 aromatic rings. The van der Waals surface area contributed by atoms with Gasteiger partial charge >= 0.3 is 5.97 Å². The standard InChI is InChI=1S/C6H9N3O2/c7-9-8-3-1-5-2-4-11-6(5)10/h5H,1-4H2. The SMILES string of the molecule is [N-]=[N+]=NCCC1CCOC1=O. The van der Waals surface area contributed by atoms with Crippen LogP contribution in [0.1, 0.15) is 12.8 Å². The van der Waals surface area contributed by atoms with Crippen molar-refractivity contribution in [2.75, 3.05) is 13.2 Å². The number of rotatable bonds is 3. The maximum atomic E-state index is 10.8. The summed E-state index contributed by atoms with van der Waals surface area (Å²) in [5, 5.41) is 3.34. The van der Waals surface area contributed by atoms with E-state index in [4.69, 9.17) is 10.3 Å². The quantitative estimate of drug-likeness (QED) is 0.266. The summed E-state index contributed by atoms with van der Waals surface area (Å²) in [4.78, 5) is 13.4. The summed E-state index contributed by atoms with van der Waals surface area (Å²) in [6.07, 6.45) is 1.38. The largest absolute Gasteiger partial charge is 0.465 e. The Bertz CT molecular complexity index is 198. The van der Waals surface area contributed by atoms with Crippen molar-refractivity contribution in [3.63, 3.8) is 0 Å². The van der Waals surface area contributed by atoms with Gasteiger partial charge in [0.25, 0.3) is 0 Å². The molecule has 1 aliphatic rings. The lowest BCUT2D eigenvalue weighted by molar-refractivity contribution is -0.141. The van der Waals surface area contributed by atoms with E-state index in [0.29, 0.717) is 19.6 Å². The molecule has 1 fully saturated rings. The van der Waals surface area contributed by atoms with Gasteiger partial charge in [-0.15, -0.1) is 0 Å². The average Bonchev–Trinajstić information content (AvgIpc) is 2.37. The Morgan fingerprint density at radius 3 is 3.18 bits per heavy atom. The minimum Gasteiger partial charge on any atom is -0.465 e. The van der Waals surface area contributed by atoms with Crippen LogP contribution in [0.25, 0.3) is 10.4 Å². The first-order chi connectivity index (χ1) is 5.34. The first-order valence-electron chi connectivity index (χ1n) is 3.52. The van der Waals surface area contributed by atoms with Crippen LogP contribution >= 0.6 is 0 Å². The molecule has 1 atom stereocenters. The highest BCUT2D eigenvalue weighted by molar-refractivity contribution is 5.74. The van der Waals surface area contributed by atoms with Crippen LogP contribution in [-0.2, 0) is 9.53 Å². The summed E-state index contributed by atoms with van der Waals surface area (Å²) in [6.45, 7) is 0.899. The molecule has 0 spiro atoms. The molecule has 0 saturated carbocycles. The first kappa shape index (κ1) is 7.88. The second kappa shape index (κ2) is 3.83. The van der Waals surface area contributed by atoms with E-state index in [0.717, 1.165) is 6.42 Å². The topological polar surface area (TPSA) is 75.1 Å². The maximum Gasteiger partial charge on any atom is 0.309 e. The summed E-state index contributed by atoms with van der Waals surface area (Å²) in [7, 11) is 0. The van der Waals surface area contributed by atoms with Gasteiger partial charge < -0.3 is 4.74 Å². The van der Waals surface area contributed by atoms with Crippen molar-refractivity contribution in [1.82, 2.24) is 0 Å². The van der Waals surface area contributed by atoms with Gasteiger partial charge in [-0.3, -0.25) is 4.79 Å². The Labute approximate surface area is 64.0 Å². The van der Waals surface area contributed by atoms with Gasteiger partial charge in [-0.2, -0.15) is 0 Å². The third kappa shape index (κ3) is 2.13. The molecule has 0 amide bonds. The van der Waals surface area contributed by atoms with Crippen molar-refractivity contribution >= 4 is 5.97 Å². The van der Waals surface area contributed by atoms with E-state index in [1.54, 1.807) is 0 Å². The summed E-state index contributed by atoms with van der Waals surface area (Å²) in [6, 6.07) is 0. The number of nitrogens with zero attached hydrogens (tertiary/aromatic N) is 3. The number of hydrogen-bond donors (Lipinski definition) is 0. The first-order valence-corrected chi connectivity index (χ1v) is 3.52. The molecule has 5 nitrogen and oxygen atoms in total. The Morgan fingerprint density at radius 2 is 2.64 bits per heavy atom. The highest BCUT2D eigenvalue weighted by atomic mass is 16.5. The molecule has 1 saturated heterocycles. The molecule has 1 unspecified atom stereocenters. The fourth-order valence-electron chi connectivity index (χ4n) is 1.06. The Kier molecular flexibility index (Phi) is 2.74. The Morgan fingerprint density at radius 1 is 1.82 bits per heavy atom. The van der Waals surface area contributed by atoms with Crippen molar-refractivity contribution < 1.29 is 9.53 Å². The van der Waals surface area contributed by atoms with Gasteiger partial charge in [-0.25, -0.2) is 0 Å². The zero-order valence-corrected chi connectivity index (χ0v) is 6.06. The maximum absolute atomic E-state index is 10.8. The van der Waals surface area contributed by atoms with Gasteiger partial charge in [0, 0.05) is 11.5 Å². The molecule has 0 aromatic carbocycles. The van der Waals surface area contributed by atoms with Crippen molar-refractivity contribution in [2.24, 2.45) is 11.0 Å². The van der Waals surface area contributed by atoms with Crippen LogP contribution in [0.3, 0.4) is 0 Å². The van der Waals surface area contributed by atoms with Gasteiger partial charge in [-0.05, 0) is 18.4 Å². The van der Waals surface area contributed by atoms with Crippen molar-refractivity contribution in [1.29, 1.82) is 0 Å². The predicted octanol–water partition coefficient (Wildman–Crippen LogP) is 1.25. The van der Waals surface area contributed by atoms with Gasteiger partial charge in [0.15, 0.2) is 0 Å². The molecule has 0 radical (unpaired) electrons. The second-order valence-electron chi connectivity index (χ2n) is 2.40. The molecule has 0 N–H and O–H groups in total. The molecular formula is C6H9N3O2. The minimum atomic E-state index is -0.155. The molecule has 0 aromatic heterocycles. The lowest BCUT2D eigenvalue weighted by atomic mass is 10.1. The number of hydrogen-bond acceptors (Lipinski definition) is 3. The number of cyclic esters (lactones) is 1. The Hall–Kier alpha value is -1.22. The van der Waals surface area contributed by atoms with Gasteiger partial charge in [0.1, 0.15) is 0 Å². The third-order valence-electron chi connectivity index (χ3n) is 1.68. The normalized spacial score (nSPS) is 22.5. The van der Waals surface area contributed by atoms with Crippen LogP contribution < -0.4 is 0 Å². The smallest absolute Gasteiger partial charge is 0.309 e. The monoisotopic (exact) mass is 155 g/mol. The van der Waals surface area contributed by atoms with E-state index in [2.05, 4.69) is 10.0 Å². The fraction of sp³-hybridized carbons (Fsp3) is 0.833. The van der Waals surface area contributed by atoms with E-state index in [-0.39, 0.29) is 11.9 Å².